The second kappa shape index (κ2) is 10.8. The molecule has 0 bridgehead atoms. The monoisotopic (exact) mass is 458 g/mol. The molecule has 1 amide bonds. The summed E-state index contributed by atoms with van der Waals surface area (Å²) in [7, 11) is 1.59. The summed E-state index contributed by atoms with van der Waals surface area (Å²) in [5.41, 5.74) is 2.24. The summed E-state index contributed by atoms with van der Waals surface area (Å²) in [5, 5.41) is 11.1. The minimum atomic E-state index is -0.707. The van der Waals surface area contributed by atoms with Crippen molar-refractivity contribution in [3.8, 4) is 5.75 Å². The third kappa shape index (κ3) is 5.00. The van der Waals surface area contributed by atoms with Gasteiger partial charge in [-0.25, -0.2) is 0 Å². The molecular weight excluding hydrogens is 432 g/mol. The topological polar surface area (TPSA) is 89.0 Å². The Hall–Kier alpha value is -3.97. The van der Waals surface area contributed by atoms with Crippen LogP contribution in [0.5, 0.6) is 5.75 Å². The summed E-state index contributed by atoms with van der Waals surface area (Å²) < 4.78 is 10.9. The SMILES string of the molecule is COCCCN1C(=O)C(=O)C(=C(O)c2ccc(OCc3ccccc3)cc2)[C@@H]1c1ccncc1. The van der Waals surface area contributed by atoms with Gasteiger partial charge in [-0.05, 0) is 53.9 Å². The number of nitrogens with zero attached hydrogens (tertiary/aromatic N) is 2. The molecule has 0 aliphatic carbocycles. The number of carbonyl (C=O) groups is 2. The Bertz CT molecular complexity index is 1160. The van der Waals surface area contributed by atoms with Crippen molar-refractivity contribution in [2.45, 2.75) is 19.1 Å². The maximum Gasteiger partial charge on any atom is 0.295 e. The highest BCUT2D eigenvalue weighted by atomic mass is 16.5. The fraction of sp³-hybridized carbons (Fsp3) is 0.222. The lowest BCUT2D eigenvalue weighted by molar-refractivity contribution is -0.140. The van der Waals surface area contributed by atoms with Crippen LogP contribution in [0.4, 0.5) is 0 Å². The van der Waals surface area contributed by atoms with E-state index in [1.54, 1.807) is 55.9 Å². The third-order valence-electron chi connectivity index (χ3n) is 5.69. The molecule has 7 nitrogen and oxygen atoms in total. The highest BCUT2D eigenvalue weighted by molar-refractivity contribution is 6.46. The zero-order chi connectivity index (χ0) is 23.9. The van der Waals surface area contributed by atoms with Crippen molar-refractivity contribution in [3.05, 3.63) is 101 Å². The molecule has 0 unspecified atom stereocenters. The Balaban J connectivity index is 1.62. The number of hydrogen-bond donors (Lipinski definition) is 1. The zero-order valence-electron chi connectivity index (χ0n) is 18.9. The van der Waals surface area contributed by atoms with E-state index in [0.29, 0.717) is 43.1 Å². The van der Waals surface area contributed by atoms with Gasteiger partial charge >= 0.3 is 0 Å². The van der Waals surface area contributed by atoms with Crippen molar-refractivity contribution in [2.24, 2.45) is 0 Å². The maximum absolute atomic E-state index is 13.0. The van der Waals surface area contributed by atoms with Gasteiger partial charge in [-0.2, -0.15) is 0 Å². The van der Waals surface area contributed by atoms with Crippen molar-refractivity contribution >= 4 is 17.4 Å². The number of pyridine rings is 1. The second-order valence-electron chi connectivity index (χ2n) is 7.92. The molecule has 2 heterocycles. The van der Waals surface area contributed by atoms with E-state index in [9.17, 15) is 14.7 Å². The summed E-state index contributed by atoms with van der Waals surface area (Å²) in [6, 6.07) is 19.4. The van der Waals surface area contributed by atoms with E-state index in [2.05, 4.69) is 4.98 Å². The average Bonchev–Trinajstić information content (AvgIpc) is 3.14. The molecule has 1 fully saturated rings. The number of aliphatic hydroxyl groups excluding tert-OH is 1. The first-order valence-electron chi connectivity index (χ1n) is 11.0. The van der Waals surface area contributed by atoms with Crippen molar-refractivity contribution in [1.82, 2.24) is 9.88 Å². The summed E-state index contributed by atoms with van der Waals surface area (Å²) in [6.45, 7) is 1.20. The first-order chi connectivity index (χ1) is 16.6. The van der Waals surface area contributed by atoms with Crippen molar-refractivity contribution in [2.75, 3.05) is 20.3 Å². The molecule has 1 aliphatic rings. The van der Waals surface area contributed by atoms with Gasteiger partial charge in [0.15, 0.2) is 0 Å². The van der Waals surface area contributed by atoms with Gasteiger partial charge < -0.3 is 19.5 Å². The molecule has 4 rings (SSSR count). The molecule has 0 radical (unpaired) electrons. The average molecular weight is 459 g/mol. The fourth-order valence-electron chi connectivity index (χ4n) is 3.99. The second-order valence-corrected chi connectivity index (χ2v) is 7.92. The lowest BCUT2D eigenvalue weighted by atomic mass is 9.96. The van der Waals surface area contributed by atoms with Gasteiger partial charge in [-0.15, -0.1) is 0 Å². The lowest BCUT2D eigenvalue weighted by Crippen LogP contribution is -2.31. The van der Waals surface area contributed by atoms with E-state index < -0.39 is 17.7 Å². The smallest absolute Gasteiger partial charge is 0.295 e. The number of amides is 1. The number of ether oxygens (including phenoxy) is 2. The van der Waals surface area contributed by atoms with E-state index in [1.807, 2.05) is 30.3 Å². The number of benzene rings is 2. The van der Waals surface area contributed by atoms with Gasteiger partial charge in [0.05, 0.1) is 11.6 Å². The number of ketones is 1. The maximum atomic E-state index is 13.0. The third-order valence-corrected chi connectivity index (χ3v) is 5.69. The van der Waals surface area contributed by atoms with Gasteiger partial charge in [0, 0.05) is 38.2 Å². The largest absolute Gasteiger partial charge is 0.507 e. The molecule has 34 heavy (non-hydrogen) atoms. The van der Waals surface area contributed by atoms with Crippen molar-refractivity contribution < 1.29 is 24.2 Å². The van der Waals surface area contributed by atoms with Crippen LogP contribution >= 0.6 is 0 Å². The molecule has 1 aliphatic heterocycles. The molecule has 1 N–H and O–H groups in total. The molecule has 0 saturated carbocycles. The van der Waals surface area contributed by atoms with Gasteiger partial charge in [0.1, 0.15) is 18.1 Å². The van der Waals surface area contributed by atoms with Gasteiger partial charge in [0.25, 0.3) is 11.7 Å². The predicted octanol–water partition coefficient (Wildman–Crippen LogP) is 4.12. The number of methoxy groups -OCH3 is 1. The Kier molecular flexibility index (Phi) is 7.34. The molecular formula is C27H26N2O5. The number of carbonyl (C=O) groups excluding carboxylic acids is 2. The standard InChI is InChI=1S/C27H26N2O5/c1-33-17-5-16-29-24(20-12-14-28-15-13-20)23(26(31)27(29)32)25(30)21-8-10-22(11-9-21)34-18-19-6-3-2-4-7-19/h2-4,6-15,24,30H,5,16-18H2,1H3/t24-/m0/s1. The van der Waals surface area contributed by atoms with E-state index >= 15 is 0 Å². The van der Waals surface area contributed by atoms with E-state index in [4.69, 9.17) is 9.47 Å². The van der Waals surface area contributed by atoms with Crippen LogP contribution in [0.25, 0.3) is 5.76 Å². The van der Waals surface area contributed by atoms with Crippen LogP contribution in [0, 0.1) is 0 Å². The highest BCUT2D eigenvalue weighted by Gasteiger charge is 2.45. The van der Waals surface area contributed by atoms with E-state index in [-0.39, 0.29) is 11.3 Å². The highest BCUT2D eigenvalue weighted by Crippen LogP contribution is 2.39. The summed E-state index contributed by atoms with van der Waals surface area (Å²) >= 11 is 0. The molecule has 1 aromatic heterocycles. The van der Waals surface area contributed by atoms with Crippen LogP contribution in [-0.2, 0) is 20.9 Å². The quantitative estimate of drug-likeness (QED) is 0.225. The molecule has 0 spiro atoms. The predicted molar refractivity (Wildman–Crippen MR) is 127 cm³/mol. The Labute approximate surface area is 198 Å². The number of likely N-dealkylation sites (tertiary alicyclic amines) is 1. The lowest BCUT2D eigenvalue weighted by Gasteiger charge is -2.25. The molecule has 1 atom stereocenters. The molecule has 2 aromatic carbocycles. The minimum absolute atomic E-state index is 0.0616. The molecule has 174 valence electrons. The number of hydrogen-bond acceptors (Lipinski definition) is 6. The van der Waals surface area contributed by atoms with E-state index in [0.717, 1.165) is 5.56 Å². The fourth-order valence-corrected chi connectivity index (χ4v) is 3.99. The number of rotatable bonds is 9. The zero-order valence-corrected chi connectivity index (χ0v) is 18.9. The van der Waals surface area contributed by atoms with Crippen LogP contribution in [0.15, 0.2) is 84.7 Å². The van der Waals surface area contributed by atoms with Gasteiger partial charge in [-0.3, -0.25) is 14.6 Å². The van der Waals surface area contributed by atoms with Crippen LogP contribution in [0.1, 0.15) is 29.2 Å². The summed E-state index contributed by atoms with van der Waals surface area (Å²) in [6.07, 6.45) is 3.77. The molecule has 1 saturated heterocycles. The first-order valence-corrected chi connectivity index (χ1v) is 11.0. The summed E-state index contributed by atoms with van der Waals surface area (Å²) in [5.74, 6) is -0.932. The Morgan fingerprint density at radius 1 is 1.00 bits per heavy atom. The Morgan fingerprint density at radius 3 is 2.38 bits per heavy atom. The minimum Gasteiger partial charge on any atom is -0.507 e. The number of aliphatic hydroxyl groups is 1. The van der Waals surface area contributed by atoms with Crippen LogP contribution in [0.2, 0.25) is 0 Å². The Morgan fingerprint density at radius 2 is 1.71 bits per heavy atom. The summed E-state index contributed by atoms with van der Waals surface area (Å²) in [4.78, 5) is 31.4. The van der Waals surface area contributed by atoms with Crippen LogP contribution in [-0.4, -0.2) is 46.9 Å². The van der Waals surface area contributed by atoms with E-state index in [1.165, 1.54) is 4.90 Å². The number of aromatic nitrogens is 1. The number of Topliss-reactive ketones (excluding diaryl/α,β-unsaturated/α-hetero) is 1. The van der Waals surface area contributed by atoms with Crippen molar-refractivity contribution in [1.29, 1.82) is 0 Å². The van der Waals surface area contributed by atoms with Crippen LogP contribution < -0.4 is 4.74 Å². The molecule has 7 heteroatoms. The normalized spacial score (nSPS) is 17.2. The first kappa shape index (κ1) is 23.2. The van der Waals surface area contributed by atoms with Crippen molar-refractivity contribution in [3.63, 3.8) is 0 Å². The van der Waals surface area contributed by atoms with Gasteiger partial charge in [-0.1, -0.05) is 30.3 Å². The molecule has 3 aromatic rings. The van der Waals surface area contributed by atoms with Crippen LogP contribution in [0.3, 0.4) is 0 Å². The van der Waals surface area contributed by atoms with Gasteiger partial charge in [0.2, 0.25) is 0 Å².